The van der Waals surface area contributed by atoms with Gasteiger partial charge in [0.15, 0.2) is 0 Å². The number of hydrogen-bond acceptors (Lipinski definition) is 4. The Morgan fingerprint density at radius 3 is 2.91 bits per heavy atom. The van der Waals surface area contributed by atoms with E-state index in [1.165, 1.54) is 27.7 Å². The predicted octanol–water partition coefficient (Wildman–Crippen LogP) is 2.15. The molecule has 3 heterocycles. The second-order valence-electron chi connectivity index (χ2n) is 4.86. The first kappa shape index (κ1) is 15.0. The van der Waals surface area contributed by atoms with Crippen molar-refractivity contribution in [2.45, 2.75) is 6.42 Å². The van der Waals surface area contributed by atoms with Gasteiger partial charge < -0.3 is 4.90 Å². The number of carbonyl (C=O) groups excluding carboxylic acids is 1. The van der Waals surface area contributed by atoms with E-state index in [9.17, 15) is 9.59 Å². The van der Waals surface area contributed by atoms with Gasteiger partial charge in [-0.05, 0) is 30.2 Å². The molecule has 0 aliphatic carbocycles. The zero-order valence-corrected chi connectivity index (χ0v) is 13.3. The minimum absolute atomic E-state index is 0.0227. The molecular weight excluding hydrogens is 322 g/mol. The molecule has 0 N–H and O–H groups in total. The Morgan fingerprint density at radius 1 is 1.36 bits per heavy atom. The summed E-state index contributed by atoms with van der Waals surface area (Å²) in [5, 5.41) is 4.87. The Hall–Kier alpha value is -1.92. The Kier molecular flexibility index (Phi) is 4.40. The summed E-state index contributed by atoms with van der Waals surface area (Å²) in [5.41, 5.74) is 1.05. The van der Waals surface area contributed by atoms with Crippen molar-refractivity contribution in [3.8, 4) is 5.00 Å². The summed E-state index contributed by atoms with van der Waals surface area (Å²) < 4.78 is 1.39. The fourth-order valence-corrected chi connectivity index (χ4v) is 3.55. The fraction of sp³-hybridized carbons (Fsp3) is 0.267. The van der Waals surface area contributed by atoms with Crippen molar-refractivity contribution in [1.29, 1.82) is 0 Å². The van der Waals surface area contributed by atoms with Crippen LogP contribution in [0.3, 0.4) is 0 Å². The number of alkyl halides is 1. The van der Waals surface area contributed by atoms with E-state index in [1.807, 2.05) is 18.2 Å². The average Bonchev–Trinajstić information content (AvgIpc) is 3.04. The van der Waals surface area contributed by atoms with E-state index in [2.05, 4.69) is 5.10 Å². The number of rotatable bonds is 3. The van der Waals surface area contributed by atoms with Crippen LogP contribution < -0.4 is 5.56 Å². The first-order chi connectivity index (χ1) is 10.7. The molecule has 7 heteroatoms. The lowest BCUT2D eigenvalue weighted by Crippen LogP contribution is -2.35. The average molecular weight is 336 g/mol. The number of amides is 1. The zero-order valence-electron chi connectivity index (χ0n) is 11.7. The third-order valence-corrected chi connectivity index (χ3v) is 4.87. The Bertz CT molecular complexity index is 781. The van der Waals surface area contributed by atoms with Gasteiger partial charge in [0.05, 0.1) is 0 Å². The number of carbonyl (C=O) groups is 1. The molecule has 0 bridgehead atoms. The van der Waals surface area contributed by atoms with Crippen LogP contribution in [0, 0.1) is 0 Å². The second kappa shape index (κ2) is 6.46. The summed E-state index contributed by atoms with van der Waals surface area (Å²) in [6.07, 6.45) is 4.43. The molecule has 1 aliphatic heterocycles. The van der Waals surface area contributed by atoms with Crippen LogP contribution in [0.15, 0.2) is 41.3 Å². The molecule has 0 unspecified atom stereocenters. The Balaban J connectivity index is 1.81. The van der Waals surface area contributed by atoms with Crippen LogP contribution in [0.1, 0.15) is 11.3 Å². The maximum absolute atomic E-state index is 11.8. The summed E-state index contributed by atoms with van der Waals surface area (Å²) in [5.74, 6) is -0.0153. The third-order valence-electron chi connectivity index (χ3n) is 3.51. The van der Waals surface area contributed by atoms with Gasteiger partial charge in [-0.2, -0.15) is 9.78 Å². The van der Waals surface area contributed by atoms with Gasteiger partial charge in [-0.25, -0.2) is 0 Å². The van der Waals surface area contributed by atoms with Crippen LogP contribution >= 0.6 is 22.9 Å². The highest BCUT2D eigenvalue weighted by atomic mass is 35.5. The summed E-state index contributed by atoms with van der Waals surface area (Å²) in [4.78, 5) is 26.2. The molecule has 1 amide bonds. The minimum Gasteiger partial charge on any atom is -0.338 e. The first-order valence-electron chi connectivity index (χ1n) is 6.87. The molecule has 0 saturated heterocycles. The highest BCUT2D eigenvalue weighted by Gasteiger charge is 2.18. The molecule has 0 spiro atoms. The van der Waals surface area contributed by atoms with Crippen LogP contribution in [0.5, 0.6) is 0 Å². The lowest BCUT2D eigenvalue weighted by molar-refractivity contribution is -0.128. The number of nitrogens with zero attached hydrogens (tertiary/aromatic N) is 3. The van der Waals surface area contributed by atoms with Crippen molar-refractivity contribution in [1.82, 2.24) is 14.7 Å². The Labute approximate surface area is 136 Å². The molecule has 1 aliphatic rings. The normalized spacial score (nSPS) is 14.8. The van der Waals surface area contributed by atoms with Crippen LogP contribution in [0.2, 0.25) is 0 Å². The molecule has 0 saturated carbocycles. The first-order valence-corrected chi connectivity index (χ1v) is 8.22. The van der Waals surface area contributed by atoms with Crippen LogP contribution in [-0.4, -0.2) is 39.6 Å². The highest BCUT2D eigenvalue weighted by molar-refractivity contribution is 7.15. The molecule has 0 radical (unpaired) electrons. The minimum atomic E-state index is -0.146. The lowest BCUT2D eigenvalue weighted by Gasteiger charge is -2.25. The van der Waals surface area contributed by atoms with Crippen molar-refractivity contribution in [3.05, 3.63) is 51.8 Å². The van der Waals surface area contributed by atoms with Crippen molar-refractivity contribution >= 4 is 34.4 Å². The summed E-state index contributed by atoms with van der Waals surface area (Å²) in [6.45, 7) is 1.26. The molecule has 5 nitrogen and oxygen atoms in total. The van der Waals surface area contributed by atoms with Crippen LogP contribution in [-0.2, 0) is 4.79 Å². The fourth-order valence-electron chi connectivity index (χ4n) is 2.34. The van der Waals surface area contributed by atoms with Gasteiger partial charge in [0, 0.05) is 30.2 Å². The standard InChI is InChI=1S/C15H14ClN3O2S/c16-10-14(21)18-8-5-11(6-9-18)12-3-4-15(22-12)19-13(20)2-1-7-17-19/h1-5,7H,6,8-10H2. The van der Waals surface area contributed by atoms with E-state index >= 15 is 0 Å². The van der Waals surface area contributed by atoms with E-state index in [0.717, 1.165) is 16.3 Å². The Morgan fingerprint density at radius 2 is 2.23 bits per heavy atom. The number of hydrogen-bond donors (Lipinski definition) is 0. The van der Waals surface area contributed by atoms with E-state index in [4.69, 9.17) is 11.6 Å². The highest BCUT2D eigenvalue weighted by Crippen LogP contribution is 2.30. The molecule has 0 atom stereocenters. The van der Waals surface area contributed by atoms with E-state index in [0.29, 0.717) is 13.1 Å². The third kappa shape index (κ3) is 2.98. The zero-order chi connectivity index (χ0) is 15.5. The SMILES string of the molecule is O=C(CCl)N1CC=C(c2ccc(-n3ncccc3=O)s2)CC1. The molecule has 3 rings (SSSR count). The maximum atomic E-state index is 11.8. The van der Waals surface area contributed by atoms with Crippen molar-refractivity contribution in [2.24, 2.45) is 0 Å². The van der Waals surface area contributed by atoms with Crippen molar-refractivity contribution < 1.29 is 4.79 Å². The van der Waals surface area contributed by atoms with Crippen molar-refractivity contribution in [3.63, 3.8) is 0 Å². The van der Waals surface area contributed by atoms with Gasteiger partial charge >= 0.3 is 0 Å². The summed E-state index contributed by atoms with van der Waals surface area (Å²) in [7, 11) is 0. The molecule has 114 valence electrons. The van der Waals surface area contributed by atoms with E-state index < -0.39 is 0 Å². The van der Waals surface area contributed by atoms with E-state index in [-0.39, 0.29) is 17.3 Å². The molecule has 2 aromatic heterocycles. The predicted molar refractivity (Wildman–Crippen MR) is 87.6 cm³/mol. The summed E-state index contributed by atoms with van der Waals surface area (Å²) in [6, 6.07) is 7.00. The van der Waals surface area contributed by atoms with Crippen molar-refractivity contribution in [2.75, 3.05) is 19.0 Å². The number of thiophene rings is 1. The van der Waals surface area contributed by atoms with Gasteiger partial charge in [-0.3, -0.25) is 9.59 Å². The molecule has 22 heavy (non-hydrogen) atoms. The molecule has 0 aromatic carbocycles. The monoisotopic (exact) mass is 335 g/mol. The number of aromatic nitrogens is 2. The number of halogens is 1. The molecule has 2 aromatic rings. The van der Waals surface area contributed by atoms with Gasteiger partial charge in [0.25, 0.3) is 5.56 Å². The molecule has 0 fully saturated rings. The van der Waals surface area contributed by atoms with Gasteiger partial charge in [0.1, 0.15) is 10.9 Å². The van der Waals surface area contributed by atoms with Gasteiger partial charge in [0.2, 0.25) is 5.91 Å². The van der Waals surface area contributed by atoms with Gasteiger partial charge in [-0.15, -0.1) is 22.9 Å². The maximum Gasteiger partial charge on any atom is 0.272 e. The smallest absolute Gasteiger partial charge is 0.272 e. The lowest BCUT2D eigenvalue weighted by atomic mass is 10.1. The molecular formula is C15H14ClN3O2S. The van der Waals surface area contributed by atoms with Crippen LogP contribution in [0.4, 0.5) is 0 Å². The topological polar surface area (TPSA) is 55.2 Å². The van der Waals surface area contributed by atoms with E-state index in [1.54, 1.807) is 17.2 Å². The summed E-state index contributed by atoms with van der Waals surface area (Å²) >= 11 is 7.10. The van der Waals surface area contributed by atoms with Crippen LogP contribution in [0.25, 0.3) is 10.6 Å². The largest absolute Gasteiger partial charge is 0.338 e. The van der Waals surface area contributed by atoms with Gasteiger partial charge in [-0.1, -0.05) is 6.08 Å². The quantitative estimate of drug-likeness (QED) is 0.808. The second-order valence-corrected chi connectivity index (χ2v) is 6.19.